The van der Waals surface area contributed by atoms with E-state index in [0.29, 0.717) is 11.6 Å². The van der Waals surface area contributed by atoms with Gasteiger partial charge in [-0.2, -0.15) is 4.98 Å². The Kier molecular flexibility index (Phi) is 1.87. The van der Waals surface area contributed by atoms with Gasteiger partial charge in [0.05, 0.1) is 6.20 Å². The summed E-state index contributed by atoms with van der Waals surface area (Å²) < 4.78 is 2.00. The molecule has 5 heteroatoms. The monoisotopic (exact) mass is 191 g/mol. The van der Waals surface area contributed by atoms with Gasteiger partial charge in [0.15, 0.2) is 5.65 Å². The Balaban J connectivity index is 2.73. The molecule has 2 heterocycles. The summed E-state index contributed by atoms with van der Waals surface area (Å²) >= 11 is 0. The molecule has 0 spiro atoms. The maximum absolute atomic E-state index is 5.49. The van der Waals surface area contributed by atoms with E-state index in [2.05, 4.69) is 28.8 Å². The first kappa shape index (κ1) is 8.93. The third-order valence-corrected chi connectivity index (χ3v) is 2.21. The molecular weight excluding hydrogens is 178 g/mol. The van der Waals surface area contributed by atoms with E-state index in [0.717, 1.165) is 11.3 Å². The van der Waals surface area contributed by atoms with Gasteiger partial charge in [-0.15, -0.1) is 0 Å². The standard InChI is InChI=1S/C9H13N5/c1-5(2)8-12-7-6(14(8)3)4-11-9(10)13-7/h4-5H,1-3H3,(H2,10,11,13). The summed E-state index contributed by atoms with van der Waals surface area (Å²) in [6, 6.07) is 0. The fraction of sp³-hybridized carbons (Fsp3) is 0.444. The van der Waals surface area contributed by atoms with Gasteiger partial charge >= 0.3 is 0 Å². The minimum Gasteiger partial charge on any atom is -0.368 e. The lowest BCUT2D eigenvalue weighted by Crippen LogP contribution is -1.99. The number of rotatable bonds is 1. The second-order valence-electron chi connectivity index (χ2n) is 3.62. The largest absolute Gasteiger partial charge is 0.368 e. The van der Waals surface area contributed by atoms with Gasteiger partial charge in [0.2, 0.25) is 5.95 Å². The second-order valence-corrected chi connectivity index (χ2v) is 3.62. The van der Waals surface area contributed by atoms with Gasteiger partial charge < -0.3 is 10.3 Å². The number of imidazole rings is 1. The molecule has 0 atom stereocenters. The van der Waals surface area contributed by atoms with Gasteiger partial charge in [0.25, 0.3) is 0 Å². The van der Waals surface area contributed by atoms with Crippen LogP contribution in [0.5, 0.6) is 0 Å². The predicted molar refractivity (Wildman–Crippen MR) is 54.8 cm³/mol. The Labute approximate surface area is 82.0 Å². The maximum Gasteiger partial charge on any atom is 0.222 e. The van der Waals surface area contributed by atoms with Crippen molar-refractivity contribution in [2.75, 3.05) is 5.73 Å². The topological polar surface area (TPSA) is 69.6 Å². The first-order valence-electron chi connectivity index (χ1n) is 4.54. The Morgan fingerprint density at radius 2 is 2.07 bits per heavy atom. The van der Waals surface area contributed by atoms with Crippen molar-refractivity contribution < 1.29 is 0 Å². The fourth-order valence-corrected chi connectivity index (χ4v) is 1.52. The smallest absolute Gasteiger partial charge is 0.222 e. The third kappa shape index (κ3) is 1.21. The van der Waals surface area contributed by atoms with Crippen LogP contribution in [0, 0.1) is 0 Å². The Hall–Kier alpha value is -1.65. The van der Waals surface area contributed by atoms with Crippen LogP contribution in [0.25, 0.3) is 11.2 Å². The summed E-state index contributed by atoms with van der Waals surface area (Å²) in [4.78, 5) is 12.4. The van der Waals surface area contributed by atoms with E-state index in [1.807, 2.05) is 11.6 Å². The lowest BCUT2D eigenvalue weighted by Gasteiger charge is -2.03. The zero-order valence-electron chi connectivity index (χ0n) is 8.52. The minimum atomic E-state index is 0.269. The molecule has 14 heavy (non-hydrogen) atoms. The Morgan fingerprint density at radius 1 is 1.36 bits per heavy atom. The van der Waals surface area contributed by atoms with Gasteiger partial charge in [0, 0.05) is 13.0 Å². The van der Waals surface area contributed by atoms with Crippen molar-refractivity contribution in [1.29, 1.82) is 0 Å². The molecule has 5 nitrogen and oxygen atoms in total. The van der Waals surface area contributed by atoms with Gasteiger partial charge in [-0.05, 0) is 0 Å². The molecule has 74 valence electrons. The zero-order chi connectivity index (χ0) is 10.3. The number of anilines is 1. The highest BCUT2D eigenvalue weighted by atomic mass is 15.1. The lowest BCUT2D eigenvalue weighted by atomic mass is 10.2. The van der Waals surface area contributed by atoms with E-state index in [9.17, 15) is 0 Å². The van der Waals surface area contributed by atoms with Gasteiger partial charge in [-0.25, -0.2) is 9.97 Å². The molecular formula is C9H13N5. The molecule has 0 fully saturated rings. The predicted octanol–water partition coefficient (Wildman–Crippen LogP) is 1.07. The van der Waals surface area contributed by atoms with Crippen molar-refractivity contribution >= 4 is 17.1 Å². The van der Waals surface area contributed by atoms with Crippen LogP contribution >= 0.6 is 0 Å². The van der Waals surface area contributed by atoms with Crippen molar-refractivity contribution in [3.63, 3.8) is 0 Å². The van der Waals surface area contributed by atoms with Crippen molar-refractivity contribution in [2.45, 2.75) is 19.8 Å². The highest BCUT2D eigenvalue weighted by Gasteiger charge is 2.11. The molecule has 0 aliphatic heterocycles. The number of hydrogen-bond acceptors (Lipinski definition) is 4. The summed E-state index contributed by atoms with van der Waals surface area (Å²) in [6.45, 7) is 4.19. The summed E-state index contributed by atoms with van der Waals surface area (Å²) in [5.74, 6) is 1.64. The molecule has 2 aromatic rings. The first-order chi connectivity index (χ1) is 6.59. The van der Waals surface area contributed by atoms with Gasteiger partial charge in [-0.1, -0.05) is 13.8 Å². The van der Waals surface area contributed by atoms with E-state index in [1.54, 1.807) is 6.20 Å². The van der Waals surface area contributed by atoms with Crippen LogP contribution in [0.4, 0.5) is 5.95 Å². The molecule has 2 aromatic heterocycles. The number of aryl methyl sites for hydroxylation is 1. The van der Waals surface area contributed by atoms with Crippen LogP contribution in [0.15, 0.2) is 6.20 Å². The number of hydrogen-bond donors (Lipinski definition) is 1. The van der Waals surface area contributed by atoms with E-state index < -0.39 is 0 Å². The summed E-state index contributed by atoms with van der Waals surface area (Å²) in [7, 11) is 1.96. The normalized spacial score (nSPS) is 11.4. The minimum absolute atomic E-state index is 0.269. The molecule has 2 N–H and O–H groups in total. The second kappa shape index (κ2) is 2.94. The van der Waals surface area contributed by atoms with Crippen LogP contribution in [0.3, 0.4) is 0 Å². The van der Waals surface area contributed by atoms with E-state index in [4.69, 9.17) is 5.73 Å². The van der Waals surface area contributed by atoms with Crippen molar-refractivity contribution in [2.24, 2.45) is 7.05 Å². The summed E-state index contributed by atoms with van der Waals surface area (Å²) in [5, 5.41) is 0. The van der Waals surface area contributed by atoms with Crippen LogP contribution in [-0.2, 0) is 7.05 Å². The molecule has 0 unspecified atom stereocenters. The SMILES string of the molecule is CC(C)c1nc2nc(N)ncc2n1C. The van der Waals surface area contributed by atoms with Crippen LogP contribution in [0.1, 0.15) is 25.6 Å². The van der Waals surface area contributed by atoms with Gasteiger partial charge in [0.1, 0.15) is 11.3 Å². The van der Waals surface area contributed by atoms with E-state index in [-0.39, 0.29) is 5.95 Å². The third-order valence-electron chi connectivity index (χ3n) is 2.21. The zero-order valence-corrected chi connectivity index (χ0v) is 8.52. The average Bonchev–Trinajstić information content (AvgIpc) is 2.43. The molecule has 0 bridgehead atoms. The average molecular weight is 191 g/mol. The summed E-state index contributed by atoms with van der Waals surface area (Å²) in [6.07, 6.45) is 1.70. The maximum atomic E-state index is 5.49. The molecule has 0 aliphatic rings. The number of nitrogens with two attached hydrogens (primary N) is 1. The fourth-order valence-electron chi connectivity index (χ4n) is 1.52. The molecule has 2 rings (SSSR count). The quantitative estimate of drug-likeness (QED) is 0.732. The van der Waals surface area contributed by atoms with Crippen molar-refractivity contribution in [3.8, 4) is 0 Å². The highest BCUT2D eigenvalue weighted by Crippen LogP contribution is 2.18. The molecule has 0 aromatic carbocycles. The number of fused-ring (bicyclic) bond motifs is 1. The molecule has 0 radical (unpaired) electrons. The molecule has 0 saturated carbocycles. The van der Waals surface area contributed by atoms with Crippen molar-refractivity contribution in [3.05, 3.63) is 12.0 Å². The van der Waals surface area contributed by atoms with E-state index >= 15 is 0 Å². The molecule has 0 amide bonds. The molecule has 0 aliphatic carbocycles. The summed E-state index contributed by atoms with van der Waals surface area (Å²) in [5.41, 5.74) is 7.08. The Bertz CT molecular complexity index is 471. The number of aromatic nitrogens is 4. The Morgan fingerprint density at radius 3 is 2.71 bits per heavy atom. The first-order valence-corrected chi connectivity index (χ1v) is 4.54. The highest BCUT2D eigenvalue weighted by molar-refractivity contribution is 5.71. The van der Waals surface area contributed by atoms with E-state index in [1.165, 1.54) is 0 Å². The van der Waals surface area contributed by atoms with Crippen LogP contribution < -0.4 is 5.73 Å². The van der Waals surface area contributed by atoms with Crippen LogP contribution in [-0.4, -0.2) is 19.5 Å². The number of nitrogens with zero attached hydrogens (tertiary/aromatic N) is 4. The lowest BCUT2D eigenvalue weighted by molar-refractivity contribution is 0.722. The number of nitrogen functional groups attached to an aromatic ring is 1. The van der Waals surface area contributed by atoms with Crippen LogP contribution in [0.2, 0.25) is 0 Å². The molecule has 0 saturated heterocycles. The van der Waals surface area contributed by atoms with Gasteiger partial charge in [-0.3, -0.25) is 0 Å². The van der Waals surface area contributed by atoms with Crippen molar-refractivity contribution in [1.82, 2.24) is 19.5 Å².